The first kappa shape index (κ1) is 12.0. The normalized spacial score (nSPS) is 12.4. The Morgan fingerprint density at radius 3 is 2.15 bits per heavy atom. The predicted octanol–water partition coefficient (Wildman–Crippen LogP) is 1.11. The van der Waals surface area contributed by atoms with Gasteiger partial charge < -0.3 is 10.4 Å². The second-order valence-corrected chi connectivity index (χ2v) is 3.25. The van der Waals surface area contributed by atoms with Gasteiger partial charge in [-0.3, -0.25) is 4.79 Å². The summed E-state index contributed by atoms with van der Waals surface area (Å²) in [5, 5.41) is 10.6. The number of carboxylic acids is 1. The van der Waals surface area contributed by atoms with Crippen molar-refractivity contribution in [2.45, 2.75) is 26.8 Å². The van der Waals surface area contributed by atoms with E-state index in [1.54, 1.807) is 13.8 Å². The zero-order chi connectivity index (χ0) is 10.6. The highest BCUT2D eigenvalue weighted by Gasteiger charge is 2.14. The summed E-state index contributed by atoms with van der Waals surface area (Å²) in [5.41, 5.74) is 0.0165. The van der Waals surface area contributed by atoms with Gasteiger partial charge in [-0.1, -0.05) is 11.6 Å². The molecule has 0 aliphatic heterocycles. The zero-order valence-electron chi connectivity index (χ0n) is 7.72. The molecule has 13 heavy (non-hydrogen) atoms. The lowest BCUT2D eigenvalue weighted by atomic mass is 10.2. The molecule has 0 unspecified atom stereocenters. The molecule has 74 valence electrons. The van der Waals surface area contributed by atoms with Gasteiger partial charge in [0.25, 0.3) is 0 Å². The number of hydrogen-bond acceptors (Lipinski definition) is 2. The molecule has 4 nitrogen and oxygen atoms in total. The van der Waals surface area contributed by atoms with Crippen molar-refractivity contribution >= 4 is 23.5 Å². The van der Waals surface area contributed by atoms with Crippen molar-refractivity contribution in [2.75, 3.05) is 0 Å². The Morgan fingerprint density at radius 1 is 1.38 bits per heavy atom. The van der Waals surface area contributed by atoms with E-state index in [1.807, 2.05) is 0 Å². The number of hydrogen-bond donors (Lipinski definition) is 2. The van der Waals surface area contributed by atoms with E-state index < -0.39 is 16.9 Å². The van der Waals surface area contributed by atoms with Crippen molar-refractivity contribution in [3.05, 3.63) is 10.6 Å². The zero-order valence-corrected chi connectivity index (χ0v) is 8.47. The van der Waals surface area contributed by atoms with Gasteiger partial charge >= 0.3 is 5.97 Å². The van der Waals surface area contributed by atoms with Crippen molar-refractivity contribution in [2.24, 2.45) is 0 Å². The summed E-state index contributed by atoms with van der Waals surface area (Å²) in [6, 6.07) is -0.0410. The molecule has 0 aromatic rings. The molecule has 5 heteroatoms. The number of halogens is 1. The van der Waals surface area contributed by atoms with Gasteiger partial charge in [0.05, 0.1) is 0 Å². The summed E-state index contributed by atoms with van der Waals surface area (Å²) in [6.45, 7) is 4.92. The van der Waals surface area contributed by atoms with Gasteiger partial charge in [0.2, 0.25) is 5.91 Å². The highest BCUT2D eigenvalue weighted by atomic mass is 35.5. The van der Waals surface area contributed by atoms with Crippen LogP contribution >= 0.6 is 11.6 Å². The quantitative estimate of drug-likeness (QED) is 0.679. The third kappa shape index (κ3) is 3.94. The maximum absolute atomic E-state index is 11.2. The molecule has 0 radical (unpaired) electrons. The minimum Gasteiger partial charge on any atom is -0.477 e. The summed E-state index contributed by atoms with van der Waals surface area (Å²) in [6.07, 6.45) is 0. The second-order valence-electron chi connectivity index (χ2n) is 2.87. The summed E-state index contributed by atoms with van der Waals surface area (Å²) in [7, 11) is 0. The smallest absolute Gasteiger partial charge is 0.347 e. The number of amides is 1. The Hall–Kier alpha value is -1.03. The first-order valence-corrected chi connectivity index (χ1v) is 4.14. The molecule has 0 rings (SSSR count). The van der Waals surface area contributed by atoms with Crippen LogP contribution in [-0.4, -0.2) is 23.0 Å². The van der Waals surface area contributed by atoms with Crippen LogP contribution in [0.2, 0.25) is 0 Å². The minimum absolute atomic E-state index is 0.0165. The molecule has 0 aliphatic carbocycles. The largest absolute Gasteiger partial charge is 0.477 e. The third-order valence-corrected chi connectivity index (χ3v) is 1.72. The molecule has 0 bridgehead atoms. The van der Waals surface area contributed by atoms with Crippen LogP contribution in [0.1, 0.15) is 20.8 Å². The van der Waals surface area contributed by atoms with Crippen LogP contribution in [0.15, 0.2) is 10.6 Å². The van der Waals surface area contributed by atoms with Crippen LogP contribution in [0.5, 0.6) is 0 Å². The highest BCUT2D eigenvalue weighted by molar-refractivity contribution is 6.42. The lowest BCUT2D eigenvalue weighted by molar-refractivity contribution is -0.132. The van der Waals surface area contributed by atoms with E-state index in [2.05, 4.69) is 5.32 Å². The molecule has 0 atom stereocenters. The number of nitrogens with one attached hydrogen (secondary N) is 1. The fourth-order valence-corrected chi connectivity index (χ4v) is 0.716. The average molecular weight is 206 g/mol. The summed E-state index contributed by atoms with van der Waals surface area (Å²) >= 11 is 5.36. The van der Waals surface area contributed by atoms with Crippen molar-refractivity contribution in [3.63, 3.8) is 0 Å². The Morgan fingerprint density at radius 2 is 1.85 bits per heavy atom. The number of aliphatic carboxylic acids is 1. The molecule has 0 aromatic heterocycles. The summed E-state index contributed by atoms with van der Waals surface area (Å²) in [4.78, 5) is 21.5. The van der Waals surface area contributed by atoms with Crippen LogP contribution in [0, 0.1) is 0 Å². The highest BCUT2D eigenvalue weighted by Crippen LogP contribution is 2.09. The van der Waals surface area contributed by atoms with Crippen molar-refractivity contribution < 1.29 is 14.7 Å². The monoisotopic (exact) mass is 205 g/mol. The predicted molar refractivity (Wildman–Crippen MR) is 49.5 cm³/mol. The lowest BCUT2D eigenvalue weighted by Crippen LogP contribution is -2.31. The molecule has 0 aliphatic rings. The standard InChI is InChI=1S/C8H12ClNO3/c1-4(2)10-7(11)5(3)6(9)8(12)13/h4H,1-3H3,(H,10,11)(H,12,13)/b6-5+. The molecule has 0 saturated carbocycles. The maximum atomic E-state index is 11.2. The van der Waals surface area contributed by atoms with E-state index in [1.165, 1.54) is 6.92 Å². The molecule has 0 spiro atoms. The summed E-state index contributed by atoms with van der Waals surface area (Å²) in [5.74, 6) is -1.75. The molecule has 0 saturated heterocycles. The lowest BCUT2D eigenvalue weighted by Gasteiger charge is -2.08. The Bertz CT molecular complexity index is 258. The Kier molecular flexibility index (Phi) is 4.48. The van der Waals surface area contributed by atoms with E-state index in [-0.39, 0.29) is 11.6 Å². The number of rotatable bonds is 3. The van der Waals surface area contributed by atoms with Gasteiger partial charge in [-0.15, -0.1) is 0 Å². The Balaban J connectivity index is 4.59. The van der Waals surface area contributed by atoms with Gasteiger partial charge in [0, 0.05) is 11.6 Å². The van der Waals surface area contributed by atoms with Gasteiger partial charge in [-0.05, 0) is 20.8 Å². The van der Waals surface area contributed by atoms with Crippen LogP contribution in [0.4, 0.5) is 0 Å². The minimum atomic E-state index is -1.29. The fraction of sp³-hybridized carbons (Fsp3) is 0.500. The van der Waals surface area contributed by atoms with Gasteiger partial charge in [0.1, 0.15) is 5.03 Å². The number of carbonyl (C=O) groups excluding carboxylic acids is 1. The van der Waals surface area contributed by atoms with E-state index >= 15 is 0 Å². The third-order valence-electron chi connectivity index (χ3n) is 1.28. The van der Waals surface area contributed by atoms with E-state index in [0.29, 0.717) is 0 Å². The van der Waals surface area contributed by atoms with E-state index in [0.717, 1.165) is 0 Å². The first-order chi connectivity index (χ1) is 5.86. The average Bonchev–Trinajstić information content (AvgIpc) is 2.00. The van der Waals surface area contributed by atoms with Gasteiger partial charge in [-0.25, -0.2) is 4.79 Å². The molecule has 1 amide bonds. The van der Waals surface area contributed by atoms with Gasteiger partial charge in [-0.2, -0.15) is 0 Å². The van der Waals surface area contributed by atoms with E-state index in [4.69, 9.17) is 16.7 Å². The van der Waals surface area contributed by atoms with Crippen LogP contribution < -0.4 is 5.32 Å². The molecule has 0 heterocycles. The van der Waals surface area contributed by atoms with Crippen LogP contribution in [0.25, 0.3) is 0 Å². The molecule has 0 aromatic carbocycles. The molecule has 0 fully saturated rings. The topological polar surface area (TPSA) is 66.4 Å². The van der Waals surface area contributed by atoms with Crippen molar-refractivity contribution in [1.82, 2.24) is 5.32 Å². The Labute approximate surface area is 81.6 Å². The fourth-order valence-electron chi connectivity index (χ4n) is 0.631. The molecule has 2 N–H and O–H groups in total. The van der Waals surface area contributed by atoms with Gasteiger partial charge in [0.15, 0.2) is 0 Å². The molecular weight excluding hydrogens is 194 g/mol. The SMILES string of the molecule is C/C(C(=O)NC(C)C)=C(\Cl)C(=O)O. The first-order valence-electron chi connectivity index (χ1n) is 3.76. The van der Waals surface area contributed by atoms with Crippen LogP contribution in [-0.2, 0) is 9.59 Å². The van der Waals surface area contributed by atoms with Crippen molar-refractivity contribution in [3.8, 4) is 0 Å². The number of carbonyl (C=O) groups is 2. The maximum Gasteiger partial charge on any atom is 0.347 e. The molecular formula is C8H12ClNO3. The van der Waals surface area contributed by atoms with E-state index in [9.17, 15) is 9.59 Å². The van der Waals surface area contributed by atoms with Crippen molar-refractivity contribution in [1.29, 1.82) is 0 Å². The summed E-state index contributed by atoms with van der Waals surface area (Å²) < 4.78 is 0. The van der Waals surface area contributed by atoms with Crippen LogP contribution in [0.3, 0.4) is 0 Å². The number of carboxylic acid groups (broad SMARTS) is 1. The second kappa shape index (κ2) is 4.87.